The van der Waals surface area contributed by atoms with Gasteiger partial charge in [0.1, 0.15) is 5.82 Å². The minimum atomic E-state index is -0.461. The molecule has 0 aliphatic carbocycles. The molecule has 1 aromatic heterocycles. The van der Waals surface area contributed by atoms with Gasteiger partial charge in [0.15, 0.2) is 0 Å². The topological polar surface area (TPSA) is 64.9 Å². The molecule has 6 heteroatoms. The second-order valence-corrected chi connectivity index (χ2v) is 5.44. The first-order valence-corrected chi connectivity index (χ1v) is 7.50. The van der Waals surface area contributed by atoms with E-state index in [0.29, 0.717) is 29.7 Å². The van der Waals surface area contributed by atoms with E-state index >= 15 is 0 Å². The van der Waals surface area contributed by atoms with Gasteiger partial charge < -0.3 is 10.3 Å². The Morgan fingerprint density at radius 1 is 1.38 bits per heavy atom. The summed E-state index contributed by atoms with van der Waals surface area (Å²) < 4.78 is 18.4. The molecule has 0 saturated heterocycles. The molecule has 1 unspecified atom stereocenters. The quantitative estimate of drug-likeness (QED) is 0.843. The van der Waals surface area contributed by atoms with Gasteiger partial charge in [-0.1, -0.05) is 30.1 Å². The van der Waals surface area contributed by atoms with E-state index in [4.69, 9.17) is 21.9 Å². The number of halogens is 2. The second kappa shape index (κ2) is 7.52. The molecule has 0 radical (unpaired) electrons. The van der Waals surface area contributed by atoms with Crippen molar-refractivity contribution in [1.82, 2.24) is 10.1 Å². The Bertz CT molecular complexity index is 588. The van der Waals surface area contributed by atoms with Crippen LogP contribution in [0.2, 0.25) is 5.02 Å². The van der Waals surface area contributed by atoms with Gasteiger partial charge >= 0.3 is 0 Å². The molecule has 4 nitrogen and oxygen atoms in total. The van der Waals surface area contributed by atoms with E-state index in [-0.39, 0.29) is 5.02 Å². The molecular formula is C15H19ClFN3O. The monoisotopic (exact) mass is 311 g/mol. The van der Waals surface area contributed by atoms with Crippen molar-refractivity contribution in [3.8, 4) is 11.4 Å². The Morgan fingerprint density at radius 3 is 2.86 bits per heavy atom. The van der Waals surface area contributed by atoms with Crippen LogP contribution in [-0.2, 0) is 6.42 Å². The minimum absolute atomic E-state index is 0.0489. The number of aryl methyl sites for hydroxylation is 1. The molecule has 114 valence electrons. The molecule has 0 aliphatic rings. The lowest BCUT2D eigenvalue weighted by Gasteiger charge is -2.11. The van der Waals surface area contributed by atoms with Crippen molar-refractivity contribution < 1.29 is 8.91 Å². The summed E-state index contributed by atoms with van der Waals surface area (Å²) in [6.45, 7) is 2.85. The minimum Gasteiger partial charge on any atom is -0.339 e. The standard InChI is InChI=1S/C15H19ClFN3O/c1-2-10(7-8-18)3-6-14-19-15(20-21-14)11-4-5-13(17)12(16)9-11/h4-5,9-10H,2-3,6-8,18H2,1H3. The predicted molar refractivity (Wildman–Crippen MR) is 80.5 cm³/mol. The van der Waals surface area contributed by atoms with Crippen LogP contribution in [0.5, 0.6) is 0 Å². The van der Waals surface area contributed by atoms with Gasteiger partial charge in [0.05, 0.1) is 5.02 Å². The molecule has 1 atom stereocenters. The van der Waals surface area contributed by atoms with Crippen LogP contribution in [0.15, 0.2) is 22.7 Å². The molecule has 2 aromatic rings. The van der Waals surface area contributed by atoms with E-state index in [1.54, 1.807) is 6.07 Å². The highest BCUT2D eigenvalue weighted by Crippen LogP contribution is 2.23. The predicted octanol–water partition coefficient (Wildman–Crippen LogP) is 3.84. The molecule has 2 rings (SSSR count). The van der Waals surface area contributed by atoms with Gasteiger partial charge in [0.25, 0.3) is 0 Å². The van der Waals surface area contributed by atoms with Gasteiger partial charge in [-0.2, -0.15) is 4.98 Å². The average Bonchev–Trinajstić information content (AvgIpc) is 2.95. The highest BCUT2D eigenvalue weighted by Gasteiger charge is 2.12. The van der Waals surface area contributed by atoms with Crippen LogP contribution in [0.1, 0.15) is 32.1 Å². The number of hydrogen-bond acceptors (Lipinski definition) is 4. The van der Waals surface area contributed by atoms with Gasteiger partial charge in [-0.3, -0.25) is 0 Å². The summed E-state index contributed by atoms with van der Waals surface area (Å²) in [7, 11) is 0. The van der Waals surface area contributed by atoms with E-state index in [9.17, 15) is 4.39 Å². The fourth-order valence-electron chi connectivity index (χ4n) is 2.22. The van der Waals surface area contributed by atoms with Crippen molar-refractivity contribution in [2.75, 3.05) is 6.54 Å². The third kappa shape index (κ3) is 4.25. The number of aromatic nitrogens is 2. The van der Waals surface area contributed by atoms with E-state index in [0.717, 1.165) is 25.7 Å². The molecule has 0 aliphatic heterocycles. The first-order chi connectivity index (χ1) is 10.1. The zero-order valence-corrected chi connectivity index (χ0v) is 12.7. The van der Waals surface area contributed by atoms with Crippen LogP contribution in [0.3, 0.4) is 0 Å². The van der Waals surface area contributed by atoms with E-state index < -0.39 is 5.82 Å². The number of nitrogens with two attached hydrogens (primary N) is 1. The van der Waals surface area contributed by atoms with E-state index in [2.05, 4.69) is 17.1 Å². The second-order valence-electron chi connectivity index (χ2n) is 5.03. The maximum atomic E-state index is 13.1. The molecule has 0 fully saturated rings. The van der Waals surface area contributed by atoms with Crippen LogP contribution in [-0.4, -0.2) is 16.7 Å². The summed E-state index contributed by atoms with van der Waals surface area (Å²) in [5.74, 6) is 1.13. The largest absolute Gasteiger partial charge is 0.339 e. The fourth-order valence-corrected chi connectivity index (χ4v) is 2.41. The summed E-state index contributed by atoms with van der Waals surface area (Å²) in [5.41, 5.74) is 6.23. The summed E-state index contributed by atoms with van der Waals surface area (Å²) in [6, 6.07) is 4.37. The van der Waals surface area contributed by atoms with Crippen LogP contribution in [0.25, 0.3) is 11.4 Å². The molecule has 21 heavy (non-hydrogen) atoms. The van der Waals surface area contributed by atoms with Gasteiger partial charge in [-0.05, 0) is 43.5 Å². The Balaban J connectivity index is 2.02. The van der Waals surface area contributed by atoms with E-state index in [1.807, 2.05) is 0 Å². The van der Waals surface area contributed by atoms with Crippen molar-refractivity contribution in [3.63, 3.8) is 0 Å². The van der Waals surface area contributed by atoms with Crippen molar-refractivity contribution in [3.05, 3.63) is 34.9 Å². The average molecular weight is 312 g/mol. The highest BCUT2D eigenvalue weighted by atomic mass is 35.5. The number of benzene rings is 1. The number of nitrogens with zero attached hydrogens (tertiary/aromatic N) is 2. The number of rotatable bonds is 7. The third-order valence-corrected chi connectivity index (χ3v) is 3.85. The summed E-state index contributed by atoms with van der Waals surface area (Å²) in [6.07, 6.45) is 3.79. The smallest absolute Gasteiger partial charge is 0.226 e. The number of hydrogen-bond donors (Lipinski definition) is 1. The molecule has 0 spiro atoms. The van der Waals surface area contributed by atoms with Gasteiger partial charge in [-0.15, -0.1) is 0 Å². The highest BCUT2D eigenvalue weighted by molar-refractivity contribution is 6.31. The van der Waals surface area contributed by atoms with Crippen LogP contribution in [0, 0.1) is 11.7 Å². The van der Waals surface area contributed by atoms with Crippen LogP contribution in [0.4, 0.5) is 4.39 Å². The van der Waals surface area contributed by atoms with Gasteiger partial charge in [0, 0.05) is 12.0 Å². The lowest BCUT2D eigenvalue weighted by Crippen LogP contribution is -2.09. The van der Waals surface area contributed by atoms with Crippen molar-refractivity contribution in [1.29, 1.82) is 0 Å². The van der Waals surface area contributed by atoms with Crippen molar-refractivity contribution in [2.45, 2.75) is 32.6 Å². The third-order valence-electron chi connectivity index (χ3n) is 3.56. The van der Waals surface area contributed by atoms with Crippen LogP contribution >= 0.6 is 11.6 Å². The van der Waals surface area contributed by atoms with Gasteiger partial charge in [0.2, 0.25) is 11.7 Å². The Hall–Kier alpha value is -1.46. The molecule has 0 bridgehead atoms. The summed E-state index contributed by atoms with van der Waals surface area (Å²) in [5, 5.41) is 3.96. The van der Waals surface area contributed by atoms with E-state index in [1.165, 1.54) is 12.1 Å². The van der Waals surface area contributed by atoms with Crippen molar-refractivity contribution >= 4 is 11.6 Å². The lowest BCUT2D eigenvalue weighted by atomic mass is 9.97. The Morgan fingerprint density at radius 2 is 2.19 bits per heavy atom. The summed E-state index contributed by atoms with van der Waals surface area (Å²) >= 11 is 5.75. The van der Waals surface area contributed by atoms with Crippen molar-refractivity contribution in [2.24, 2.45) is 11.7 Å². The normalized spacial score (nSPS) is 12.6. The molecule has 0 amide bonds. The molecular weight excluding hydrogens is 293 g/mol. The molecule has 0 saturated carbocycles. The maximum absolute atomic E-state index is 13.1. The van der Waals surface area contributed by atoms with Gasteiger partial charge in [-0.25, -0.2) is 4.39 Å². The SMILES string of the molecule is CCC(CCN)CCc1nc(-c2ccc(F)c(Cl)c2)no1. The molecule has 2 N–H and O–H groups in total. The molecule has 1 heterocycles. The zero-order chi connectivity index (χ0) is 15.2. The first kappa shape index (κ1) is 15.9. The molecule has 1 aromatic carbocycles. The maximum Gasteiger partial charge on any atom is 0.226 e. The fraction of sp³-hybridized carbons (Fsp3) is 0.467. The summed E-state index contributed by atoms with van der Waals surface area (Å²) in [4.78, 5) is 4.33. The first-order valence-electron chi connectivity index (χ1n) is 7.12. The Labute approximate surface area is 128 Å². The lowest BCUT2D eigenvalue weighted by molar-refractivity contribution is 0.354. The van der Waals surface area contributed by atoms with Crippen LogP contribution < -0.4 is 5.73 Å². The Kier molecular flexibility index (Phi) is 5.70. The zero-order valence-electron chi connectivity index (χ0n) is 12.0.